The molecule has 17 heavy (non-hydrogen) atoms. The van der Waals surface area contributed by atoms with Crippen LogP contribution in [-0.2, 0) is 4.79 Å². The van der Waals surface area contributed by atoms with Gasteiger partial charge in [0.25, 0.3) is 0 Å². The van der Waals surface area contributed by atoms with E-state index in [1.807, 2.05) is 20.8 Å². The average molecular weight is 257 g/mol. The van der Waals surface area contributed by atoms with Crippen molar-refractivity contribution in [2.45, 2.75) is 44.4 Å². The Labute approximate surface area is 109 Å². The lowest BCUT2D eigenvalue weighted by atomic mass is 9.98. The molecule has 0 aromatic carbocycles. The SMILES string of the molecule is CCCNC(=O)CSC(C)CC(C)(C#N)NC. The fraction of sp³-hybridized carbons (Fsp3) is 0.833. The maximum Gasteiger partial charge on any atom is 0.230 e. The zero-order valence-electron chi connectivity index (χ0n) is 11.2. The topological polar surface area (TPSA) is 64.9 Å². The van der Waals surface area contributed by atoms with Gasteiger partial charge in [0.1, 0.15) is 5.54 Å². The van der Waals surface area contributed by atoms with Gasteiger partial charge in [-0.1, -0.05) is 13.8 Å². The van der Waals surface area contributed by atoms with Crippen LogP contribution in [0.2, 0.25) is 0 Å². The zero-order chi connectivity index (χ0) is 13.3. The molecule has 2 N–H and O–H groups in total. The standard InChI is InChI=1S/C12H23N3OS/c1-5-6-15-11(16)8-17-10(2)7-12(3,9-13)14-4/h10,14H,5-8H2,1-4H3,(H,15,16). The summed E-state index contributed by atoms with van der Waals surface area (Å²) in [6.45, 7) is 6.69. The summed E-state index contributed by atoms with van der Waals surface area (Å²) < 4.78 is 0. The van der Waals surface area contributed by atoms with Gasteiger partial charge in [-0.3, -0.25) is 4.79 Å². The molecule has 0 fully saturated rings. The highest BCUT2D eigenvalue weighted by Gasteiger charge is 2.24. The van der Waals surface area contributed by atoms with Crippen molar-refractivity contribution in [3.05, 3.63) is 0 Å². The van der Waals surface area contributed by atoms with Crippen LogP contribution in [0.5, 0.6) is 0 Å². The van der Waals surface area contributed by atoms with E-state index in [4.69, 9.17) is 5.26 Å². The molecule has 2 unspecified atom stereocenters. The molecule has 0 aromatic rings. The Morgan fingerprint density at radius 3 is 2.71 bits per heavy atom. The van der Waals surface area contributed by atoms with E-state index in [9.17, 15) is 4.79 Å². The summed E-state index contributed by atoms with van der Waals surface area (Å²) in [5.41, 5.74) is -0.508. The maximum atomic E-state index is 11.4. The number of nitrogens with zero attached hydrogens (tertiary/aromatic N) is 1. The van der Waals surface area contributed by atoms with Crippen molar-refractivity contribution in [3.8, 4) is 6.07 Å². The van der Waals surface area contributed by atoms with E-state index in [1.54, 1.807) is 18.8 Å². The molecule has 0 heterocycles. The fourth-order valence-electron chi connectivity index (χ4n) is 1.37. The van der Waals surface area contributed by atoms with Gasteiger partial charge >= 0.3 is 0 Å². The van der Waals surface area contributed by atoms with E-state index < -0.39 is 5.54 Å². The number of rotatable bonds is 8. The molecule has 0 rings (SSSR count). The van der Waals surface area contributed by atoms with Crippen molar-refractivity contribution in [3.63, 3.8) is 0 Å². The van der Waals surface area contributed by atoms with Gasteiger partial charge in [0.15, 0.2) is 0 Å². The molecule has 0 aliphatic heterocycles. The van der Waals surface area contributed by atoms with Crippen LogP contribution >= 0.6 is 11.8 Å². The van der Waals surface area contributed by atoms with Crippen LogP contribution < -0.4 is 10.6 Å². The number of hydrogen-bond acceptors (Lipinski definition) is 4. The molecule has 0 bridgehead atoms. The Kier molecular flexibility index (Phi) is 8.01. The van der Waals surface area contributed by atoms with Crippen molar-refractivity contribution in [1.29, 1.82) is 5.26 Å². The summed E-state index contributed by atoms with van der Waals surface area (Å²) in [5.74, 6) is 0.540. The van der Waals surface area contributed by atoms with Gasteiger partial charge in [0.05, 0.1) is 11.8 Å². The second kappa shape index (κ2) is 8.37. The number of carbonyl (C=O) groups is 1. The molecule has 0 radical (unpaired) electrons. The first-order valence-corrected chi connectivity index (χ1v) is 7.00. The summed E-state index contributed by atoms with van der Waals surface area (Å²) in [6.07, 6.45) is 1.68. The highest BCUT2D eigenvalue weighted by atomic mass is 32.2. The second-order valence-corrected chi connectivity index (χ2v) is 5.80. The van der Waals surface area contributed by atoms with Crippen LogP contribution in [0.1, 0.15) is 33.6 Å². The summed E-state index contributed by atoms with van der Waals surface area (Å²) in [6, 6.07) is 2.26. The normalized spacial score (nSPS) is 15.7. The number of amides is 1. The molecule has 0 aliphatic carbocycles. The second-order valence-electron chi connectivity index (χ2n) is 4.37. The van der Waals surface area contributed by atoms with E-state index in [2.05, 4.69) is 16.7 Å². The third kappa shape index (κ3) is 7.24. The molecular formula is C12H23N3OS. The molecule has 0 aliphatic rings. The number of nitrogens with one attached hydrogen (secondary N) is 2. The molecule has 98 valence electrons. The van der Waals surface area contributed by atoms with Crippen molar-refractivity contribution in [2.24, 2.45) is 0 Å². The highest BCUT2D eigenvalue weighted by Crippen LogP contribution is 2.20. The number of hydrogen-bond donors (Lipinski definition) is 2. The lowest BCUT2D eigenvalue weighted by Gasteiger charge is -2.24. The van der Waals surface area contributed by atoms with E-state index in [-0.39, 0.29) is 11.2 Å². The summed E-state index contributed by atoms with van der Waals surface area (Å²) in [7, 11) is 1.79. The van der Waals surface area contributed by atoms with Gasteiger partial charge in [-0.05, 0) is 26.8 Å². The summed E-state index contributed by atoms with van der Waals surface area (Å²) in [5, 5.41) is 15.1. The molecule has 0 saturated heterocycles. The van der Waals surface area contributed by atoms with Crippen molar-refractivity contribution in [1.82, 2.24) is 10.6 Å². The minimum Gasteiger partial charge on any atom is -0.355 e. The molecular weight excluding hydrogens is 234 g/mol. The Morgan fingerprint density at radius 1 is 1.59 bits per heavy atom. The Balaban J connectivity index is 3.91. The smallest absolute Gasteiger partial charge is 0.230 e. The largest absolute Gasteiger partial charge is 0.355 e. The first-order valence-electron chi connectivity index (χ1n) is 5.96. The number of thioether (sulfide) groups is 1. The summed E-state index contributed by atoms with van der Waals surface area (Å²) >= 11 is 1.59. The summed E-state index contributed by atoms with van der Waals surface area (Å²) in [4.78, 5) is 11.4. The predicted octanol–water partition coefficient (Wildman–Crippen LogP) is 1.53. The number of nitriles is 1. The molecule has 0 spiro atoms. The fourth-order valence-corrected chi connectivity index (χ4v) is 2.36. The lowest BCUT2D eigenvalue weighted by molar-refractivity contribution is -0.118. The Morgan fingerprint density at radius 2 is 2.24 bits per heavy atom. The van der Waals surface area contributed by atoms with Crippen LogP contribution in [0.25, 0.3) is 0 Å². The van der Waals surface area contributed by atoms with Crippen molar-refractivity contribution in [2.75, 3.05) is 19.3 Å². The van der Waals surface area contributed by atoms with Crippen LogP contribution in [-0.4, -0.2) is 36.0 Å². The quantitative estimate of drug-likeness (QED) is 0.692. The minimum absolute atomic E-state index is 0.0758. The highest BCUT2D eigenvalue weighted by molar-refractivity contribution is 8.00. The van der Waals surface area contributed by atoms with Gasteiger partial charge in [0, 0.05) is 11.8 Å². The average Bonchev–Trinajstić information content (AvgIpc) is 2.33. The van der Waals surface area contributed by atoms with Crippen molar-refractivity contribution >= 4 is 17.7 Å². The molecule has 0 saturated carbocycles. The lowest BCUT2D eigenvalue weighted by Crippen LogP contribution is -2.40. The molecule has 0 aromatic heterocycles. The third-order valence-corrected chi connectivity index (χ3v) is 3.73. The van der Waals surface area contributed by atoms with E-state index in [0.29, 0.717) is 5.75 Å². The van der Waals surface area contributed by atoms with Gasteiger partial charge in [-0.15, -0.1) is 11.8 Å². The van der Waals surface area contributed by atoms with E-state index in [1.165, 1.54) is 0 Å². The van der Waals surface area contributed by atoms with Crippen LogP contribution in [0.4, 0.5) is 0 Å². The molecule has 5 heteroatoms. The van der Waals surface area contributed by atoms with Gasteiger partial charge in [0.2, 0.25) is 5.91 Å². The Bertz CT molecular complexity index is 277. The van der Waals surface area contributed by atoms with E-state index in [0.717, 1.165) is 19.4 Å². The monoisotopic (exact) mass is 257 g/mol. The minimum atomic E-state index is -0.508. The maximum absolute atomic E-state index is 11.4. The third-order valence-electron chi connectivity index (χ3n) is 2.57. The van der Waals surface area contributed by atoms with Crippen LogP contribution in [0.3, 0.4) is 0 Å². The zero-order valence-corrected chi connectivity index (χ0v) is 12.0. The van der Waals surface area contributed by atoms with Gasteiger partial charge in [-0.2, -0.15) is 5.26 Å². The van der Waals surface area contributed by atoms with Gasteiger partial charge in [-0.25, -0.2) is 0 Å². The van der Waals surface area contributed by atoms with Crippen LogP contribution in [0.15, 0.2) is 0 Å². The molecule has 4 nitrogen and oxygen atoms in total. The van der Waals surface area contributed by atoms with Crippen molar-refractivity contribution < 1.29 is 4.79 Å². The first kappa shape index (κ1) is 16.3. The molecule has 2 atom stereocenters. The number of carbonyl (C=O) groups excluding carboxylic acids is 1. The van der Waals surface area contributed by atoms with Crippen LogP contribution in [0, 0.1) is 11.3 Å². The molecule has 1 amide bonds. The Hall–Kier alpha value is -0.730. The first-order chi connectivity index (χ1) is 7.97. The predicted molar refractivity (Wildman–Crippen MR) is 72.9 cm³/mol. The van der Waals surface area contributed by atoms with Gasteiger partial charge < -0.3 is 10.6 Å². The van der Waals surface area contributed by atoms with E-state index >= 15 is 0 Å².